The third kappa shape index (κ3) is 1.71. The van der Waals surface area contributed by atoms with Crippen molar-refractivity contribution in [2.75, 3.05) is 20.2 Å². The number of rotatable bonds is 2. The fourth-order valence-corrected chi connectivity index (χ4v) is 3.88. The van der Waals surface area contributed by atoms with Gasteiger partial charge in [-0.2, -0.15) is 0 Å². The molecule has 0 aromatic heterocycles. The Balaban J connectivity index is 1.79. The molecule has 3 fully saturated rings. The van der Waals surface area contributed by atoms with E-state index in [0.29, 0.717) is 0 Å². The Morgan fingerprint density at radius 1 is 1.26 bits per heavy atom. The van der Waals surface area contributed by atoms with Crippen LogP contribution < -0.4 is 0 Å². The van der Waals surface area contributed by atoms with Crippen LogP contribution in [0.4, 0.5) is 0 Å². The third-order valence-electron chi connectivity index (χ3n) is 5.23. The number of carbonyl (C=O) groups excluding carboxylic acids is 2. The molecule has 0 radical (unpaired) electrons. The van der Waals surface area contributed by atoms with E-state index in [1.807, 2.05) is 4.90 Å². The molecule has 0 aromatic carbocycles. The van der Waals surface area contributed by atoms with E-state index in [2.05, 4.69) is 13.8 Å². The summed E-state index contributed by atoms with van der Waals surface area (Å²) in [7, 11) is 1.71. The summed E-state index contributed by atoms with van der Waals surface area (Å²) in [4.78, 5) is 28.3. The van der Waals surface area contributed by atoms with Crippen molar-refractivity contribution >= 4 is 11.8 Å². The molecule has 3 atom stereocenters. The number of piperazine rings is 1. The SMILES string of the molecule is COC1CC(N2CC(=O)N3CCCC3C2=O)C1(C)C. The molecule has 106 valence electrons. The van der Waals surface area contributed by atoms with Crippen LogP contribution in [0.15, 0.2) is 0 Å². The van der Waals surface area contributed by atoms with Gasteiger partial charge in [-0.1, -0.05) is 13.8 Å². The predicted molar refractivity (Wildman–Crippen MR) is 69.4 cm³/mol. The molecule has 2 aliphatic heterocycles. The normalized spacial score (nSPS) is 37.3. The molecule has 0 N–H and O–H groups in total. The smallest absolute Gasteiger partial charge is 0.246 e. The maximum Gasteiger partial charge on any atom is 0.246 e. The Hall–Kier alpha value is -1.10. The van der Waals surface area contributed by atoms with Gasteiger partial charge >= 0.3 is 0 Å². The number of ether oxygens (including phenoxy) is 1. The first-order chi connectivity index (χ1) is 8.96. The van der Waals surface area contributed by atoms with Gasteiger partial charge in [-0.3, -0.25) is 9.59 Å². The van der Waals surface area contributed by atoms with E-state index in [1.165, 1.54) is 0 Å². The molecule has 3 rings (SSSR count). The molecule has 3 aliphatic rings. The van der Waals surface area contributed by atoms with E-state index in [-0.39, 0.29) is 42.0 Å². The molecule has 1 aliphatic carbocycles. The Kier molecular flexibility index (Phi) is 2.85. The monoisotopic (exact) mass is 266 g/mol. The van der Waals surface area contributed by atoms with Crippen molar-refractivity contribution in [2.45, 2.75) is 51.3 Å². The number of methoxy groups -OCH3 is 1. The highest BCUT2D eigenvalue weighted by Gasteiger charge is 2.55. The minimum Gasteiger partial charge on any atom is -0.381 e. The maximum atomic E-state index is 12.6. The average Bonchev–Trinajstić information content (AvgIpc) is 2.84. The number of nitrogens with zero attached hydrogens (tertiary/aromatic N) is 2. The minimum atomic E-state index is -0.196. The van der Waals surface area contributed by atoms with Crippen molar-refractivity contribution in [3.8, 4) is 0 Å². The largest absolute Gasteiger partial charge is 0.381 e. The Labute approximate surface area is 113 Å². The maximum absolute atomic E-state index is 12.6. The average molecular weight is 266 g/mol. The molecule has 0 bridgehead atoms. The first-order valence-electron chi connectivity index (χ1n) is 7.09. The highest BCUT2D eigenvalue weighted by atomic mass is 16.5. The number of amides is 2. The van der Waals surface area contributed by atoms with Gasteiger partial charge in [0.05, 0.1) is 6.10 Å². The molecule has 1 saturated carbocycles. The first-order valence-corrected chi connectivity index (χ1v) is 7.09. The van der Waals surface area contributed by atoms with Crippen LogP contribution in [0.3, 0.4) is 0 Å². The fraction of sp³-hybridized carbons (Fsp3) is 0.857. The van der Waals surface area contributed by atoms with E-state index in [9.17, 15) is 9.59 Å². The van der Waals surface area contributed by atoms with Crippen molar-refractivity contribution in [2.24, 2.45) is 5.41 Å². The summed E-state index contributed by atoms with van der Waals surface area (Å²) in [6.07, 6.45) is 2.80. The zero-order valence-electron chi connectivity index (χ0n) is 11.9. The van der Waals surface area contributed by atoms with Crippen LogP contribution in [0.1, 0.15) is 33.1 Å². The number of hydrogen-bond donors (Lipinski definition) is 0. The van der Waals surface area contributed by atoms with Crippen LogP contribution in [0.25, 0.3) is 0 Å². The zero-order valence-corrected chi connectivity index (χ0v) is 11.9. The number of carbonyl (C=O) groups is 2. The van der Waals surface area contributed by atoms with Gasteiger partial charge in [0.1, 0.15) is 12.6 Å². The number of fused-ring (bicyclic) bond motifs is 1. The molecular weight excluding hydrogens is 244 g/mol. The second-order valence-corrected chi connectivity index (χ2v) is 6.51. The Morgan fingerprint density at radius 2 is 2.00 bits per heavy atom. The van der Waals surface area contributed by atoms with Crippen molar-refractivity contribution in [1.29, 1.82) is 0 Å². The Bertz CT molecular complexity index is 421. The van der Waals surface area contributed by atoms with Crippen molar-refractivity contribution in [3.63, 3.8) is 0 Å². The lowest BCUT2D eigenvalue weighted by atomic mass is 9.63. The molecular formula is C14H22N2O3. The molecule has 3 unspecified atom stereocenters. The molecule has 2 saturated heterocycles. The lowest BCUT2D eigenvalue weighted by Gasteiger charge is -2.56. The predicted octanol–water partition coefficient (Wildman–Crippen LogP) is 0.633. The summed E-state index contributed by atoms with van der Waals surface area (Å²) in [5.41, 5.74) is -0.0640. The van der Waals surface area contributed by atoms with Crippen LogP contribution >= 0.6 is 0 Å². The van der Waals surface area contributed by atoms with Crippen molar-refractivity contribution in [1.82, 2.24) is 9.80 Å². The van der Waals surface area contributed by atoms with E-state index in [0.717, 1.165) is 25.8 Å². The molecule has 2 amide bonds. The number of hydrogen-bond acceptors (Lipinski definition) is 3. The zero-order chi connectivity index (χ0) is 13.8. The molecule has 0 spiro atoms. The van der Waals surface area contributed by atoms with Gasteiger partial charge in [-0.25, -0.2) is 0 Å². The molecule has 0 aromatic rings. The van der Waals surface area contributed by atoms with Gasteiger partial charge in [-0.05, 0) is 19.3 Å². The van der Waals surface area contributed by atoms with Crippen LogP contribution in [-0.4, -0.2) is 60.0 Å². The standard InChI is InChI=1S/C14H22N2O3/c1-14(2)10(7-11(14)19-3)16-8-12(17)15-6-4-5-9(15)13(16)18/h9-11H,4-8H2,1-3H3. The summed E-state index contributed by atoms with van der Waals surface area (Å²) in [5, 5.41) is 0. The first kappa shape index (κ1) is 12.9. The minimum absolute atomic E-state index is 0.0640. The van der Waals surface area contributed by atoms with E-state index < -0.39 is 0 Å². The van der Waals surface area contributed by atoms with Gasteiger partial charge in [0, 0.05) is 25.1 Å². The van der Waals surface area contributed by atoms with E-state index in [4.69, 9.17) is 4.74 Å². The third-order valence-corrected chi connectivity index (χ3v) is 5.23. The van der Waals surface area contributed by atoms with Crippen molar-refractivity contribution in [3.05, 3.63) is 0 Å². The molecule has 5 heteroatoms. The summed E-state index contributed by atoms with van der Waals surface area (Å²) >= 11 is 0. The van der Waals surface area contributed by atoms with Crippen LogP contribution in [0.5, 0.6) is 0 Å². The molecule has 19 heavy (non-hydrogen) atoms. The highest BCUT2D eigenvalue weighted by Crippen LogP contribution is 2.46. The molecule has 2 heterocycles. The van der Waals surface area contributed by atoms with Crippen LogP contribution in [0, 0.1) is 5.41 Å². The van der Waals surface area contributed by atoms with Gasteiger partial charge < -0.3 is 14.5 Å². The van der Waals surface area contributed by atoms with Gasteiger partial charge in [-0.15, -0.1) is 0 Å². The lowest BCUT2D eigenvalue weighted by Crippen LogP contribution is -2.69. The summed E-state index contributed by atoms with van der Waals surface area (Å²) in [6.45, 7) is 5.24. The molecule has 5 nitrogen and oxygen atoms in total. The van der Waals surface area contributed by atoms with Crippen LogP contribution in [-0.2, 0) is 14.3 Å². The lowest BCUT2D eigenvalue weighted by molar-refractivity contribution is -0.177. The fourth-order valence-electron chi connectivity index (χ4n) is 3.88. The summed E-state index contributed by atoms with van der Waals surface area (Å²) < 4.78 is 5.44. The summed E-state index contributed by atoms with van der Waals surface area (Å²) in [6, 6.07) is -0.0599. The van der Waals surface area contributed by atoms with Gasteiger partial charge in [0.25, 0.3) is 0 Å². The second kappa shape index (κ2) is 4.20. The van der Waals surface area contributed by atoms with E-state index in [1.54, 1.807) is 12.0 Å². The summed E-state index contributed by atoms with van der Waals surface area (Å²) in [5.74, 6) is 0.253. The second-order valence-electron chi connectivity index (χ2n) is 6.51. The quantitative estimate of drug-likeness (QED) is 0.737. The van der Waals surface area contributed by atoms with Gasteiger partial charge in [0.2, 0.25) is 11.8 Å². The topological polar surface area (TPSA) is 49.9 Å². The van der Waals surface area contributed by atoms with Crippen molar-refractivity contribution < 1.29 is 14.3 Å². The highest BCUT2D eigenvalue weighted by molar-refractivity contribution is 5.95. The Morgan fingerprint density at radius 3 is 2.63 bits per heavy atom. The van der Waals surface area contributed by atoms with Gasteiger partial charge in [0.15, 0.2) is 0 Å². The van der Waals surface area contributed by atoms with Crippen LogP contribution in [0.2, 0.25) is 0 Å². The van der Waals surface area contributed by atoms with E-state index >= 15 is 0 Å².